The molecule has 3 amide bonds. The van der Waals surface area contributed by atoms with Crippen molar-refractivity contribution in [3.05, 3.63) is 30.3 Å². The lowest BCUT2D eigenvalue weighted by Gasteiger charge is -2.11. The molecule has 1 aromatic carbocycles. The van der Waals surface area contributed by atoms with Gasteiger partial charge in [0.15, 0.2) is 0 Å². The van der Waals surface area contributed by atoms with E-state index in [4.69, 9.17) is 4.74 Å². The monoisotopic (exact) mass is 220 g/mol. The molecule has 0 N–H and O–H groups in total. The molecule has 1 aromatic rings. The summed E-state index contributed by atoms with van der Waals surface area (Å²) >= 11 is 0. The predicted molar refractivity (Wildman–Crippen MR) is 53.7 cm³/mol. The summed E-state index contributed by atoms with van der Waals surface area (Å²) in [6.45, 7) is 0. The van der Waals surface area contributed by atoms with Crippen molar-refractivity contribution in [1.29, 1.82) is 0 Å². The number of nitrogens with zero attached hydrogens (tertiary/aromatic N) is 2. The Kier molecular flexibility index (Phi) is 3.94. The number of para-hydroxylation sites is 1. The van der Waals surface area contributed by atoms with Crippen molar-refractivity contribution in [3.63, 3.8) is 0 Å². The van der Waals surface area contributed by atoms with Gasteiger partial charge in [-0.25, -0.2) is 19.3 Å². The second-order valence-corrected chi connectivity index (χ2v) is 2.73. The number of rotatable bonds is 1. The van der Waals surface area contributed by atoms with Crippen LogP contribution in [0.15, 0.2) is 35.3 Å². The van der Waals surface area contributed by atoms with Gasteiger partial charge in [0, 0.05) is 7.05 Å². The largest absolute Gasteiger partial charge is 0.423 e. The highest BCUT2D eigenvalue weighted by molar-refractivity contribution is 5.93. The summed E-state index contributed by atoms with van der Waals surface area (Å²) in [6, 6.07) is 7.18. The van der Waals surface area contributed by atoms with Crippen LogP contribution in [0.25, 0.3) is 0 Å². The second kappa shape index (κ2) is 5.43. The van der Waals surface area contributed by atoms with Crippen molar-refractivity contribution < 1.29 is 19.1 Å². The molecule has 0 radical (unpaired) electrons. The van der Waals surface area contributed by atoms with E-state index < -0.39 is 12.1 Å². The molecule has 0 aliphatic rings. The van der Waals surface area contributed by atoms with Crippen molar-refractivity contribution >= 4 is 18.2 Å². The van der Waals surface area contributed by atoms with Gasteiger partial charge in [-0.3, -0.25) is 0 Å². The first-order chi connectivity index (χ1) is 7.65. The van der Waals surface area contributed by atoms with E-state index in [9.17, 15) is 14.4 Å². The van der Waals surface area contributed by atoms with Gasteiger partial charge in [0.2, 0.25) is 6.08 Å². The Morgan fingerprint density at radius 3 is 2.50 bits per heavy atom. The van der Waals surface area contributed by atoms with E-state index >= 15 is 0 Å². The summed E-state index contributed by atoms with van der Waals surface area (Å²) < 4.78 is 4.82. The lowest BCUT2D eigenvalue weighted by Crippen LogP contribution is -2.33. The van der Waals surface area contributed by atoms with Gasteiger partial charge >= 0.3 is 12.1 Å². The molecular formula is C10H8N2O4. The molecule has 0 fully saturated rings. The average Bonchev–Trinajstić information content (AvgIpc) is 2.29. The highest BCUT2D eigenvalue weighted by atomic mass is 16.6. The van der Waals surface area contributed by atoms with Crippen LogP contribution in [0.1, 0.15) is 0 Å². The fraction of sp³-hybridized carbons (Fsp3) is 0.100. The maximum atomic E-state index is 11.3. The van der Waals surface area contributed by atoms with E-state index in [0.717, 1.165) is 13.1 Å². The molecule has 16 heavy (non-hydrogen) atoms. The molecule has 0 heterocycles. The molecule has 82 valence electrons. The van der Waals surface area contributed by atoms with Crippen LogP contribution in [-0.4, -0.2) is 30.2 Å². The van der Waals surface area contributed by atoms with Gasteiger partial charge in [-0.15, -0.1) is 4.99 Å². The van der Waals surface area contributed by atoms with Crippen LogP contribution in [0.4, 0.5) is 9.59 Å². The summed E-state index contributed by atoms with van der Waals surface area (Å²) in [5.41, 5.74) is 0. The number of aliphatic imine (C=N–C) groups is 1. The summed E-state index contributed by atoms with van der Waals surface area (Å²) in [7, 11) is 1.15. The van der Waals surface area contributed by atoms with E-state index in [-0.39, 0.29) is 0 Å². The van der Waals surface area contributed by atoms with Crippen LogP contribution in [-0.2, 0) is 4.79 Å². The van der Waals surface area contributed by atoms with E-state index in [0.29, 0.717) is 10.6 Å². The molecule has 6 nitrogen and oxygen atoms in total. The molecule has 6 heteroatoms. The smallest absolute Gasteiger partial charge is 0.410 e. The predicted octanol–water partition coefficient (Wildman–Crippen LogP) is 1.57. The molecule has 0 bridgehead atoms. The number of isocyanates is 1. The standard InChI is InChI=1S/C10H8N2O4/c1-12(9(14)11-7-13)10(15)16-8-5-3-2-4-6-8/h2-6H,1H3. The van der Waals surface area contributed by atoms with E-state index in [2.05, 4.69) is 4.99 Å². The Balaban J connectivity index is 2.66. The molecule has 0 aliphatic carbocycles. The van der Waals surface area contributed by atoms with Crippen LogP contribution >= 0.6 is 0 Å². The molecule has 0 unspecified atom stereocenters. The lowest BCUT2D eigenvalue weighted by molar-refractivity contribution is 0.165. The highest BCUT2D eigenvalue weighted by Crippen LogP contribution is 2.09. The summed E-state index contributed by atoms with van der Waals surface area (Å²) in [5, 5.41) is 0. The Hall–Kier alpha value is -2.46. The first-order valence-electron chi connectivity index (χ1n) is 4.27. The van der Waals surface area contributed by atoms with Gasteiger partial charge in [0.1, 0.15) is 5.75 Å². The second-order valence-electron chi connectivity index (χ2n) is 2.73. The number of urea groups is 1. The third-order valence-electron chi connectivity index (χ3n) is 1.65. The number of carbonyl (C=O) groups excluding carboxylic acids is 3. The molecule has 0 spiro atoms. The lowest BCUT2D eigenvalue weighted by atomic mass is 10.3. The molecule has 0 aromatic heterocycles. The number of carbonyl (C=O) groups is 2. The van der Waals surface area contributed by atoms with Crippen LogP contribution in [0, 0.1) is 0 Å². The van der Waals surface area contributed by atoms with Crippen molar-refractivity contribution in [2.24, 2.45) is 4.99 Å². The maximum absolute atomic E-state index is 11.3. The number of ether oxygens (including phenoxy) is 1. The molecule has 0 aliphatic heterocycles. The van der Waals surface area contributed by atoms with E-state index in [1.807, 2.05) is 0 Å². The minimum absolute atomic E-state index is 0.294. The minimum atomic E-state index is -1.03. The van der Waals surface area contributed by atoms with Crippen molar-refractivity contribution in [2.75, 3.05) is 7.05 Å². The number of benzene rings is 1. The van der Waals surface area contributed by atoms with E-state index in [1.165, 1.54) is 0 Å². The van der Waals surface area contributed by atoms with Crippen LogP contribution in [0.2, 0.25) is 0 Å². The summed E-state index contributed by atoms with van der Waals surface area (Å²) in [5.74, 6) is 0.294. The zero-order chi connectivity index (χ0) is 12.0. The minimum Gasteiger partial charge on any atom is -0.410 e. The van der Waals surface area contributed by atoms with Crippen molar-refractivity contribution in [1.82, 2.24) is 4.90 Å². The SMILES string of the molecule is CN(C(=O)N=C=O)C(=O)Oc1ccccc1. The summed E-state index contributed by atoms with van der Waals surface area (Å²) in [6.07, 6.45) is 0.122. The molecule has 0 atom stereocenters. The van der Waals surface area contributed by atoms with E-state index in [1.54, 1.807) is 30.3 Å². The van der Waals surface area contributed by atoms with Gasteiger partial charge in [-0.1, -0.05) is 18.2 Å². The summed E-state index contributed by atoms with van der Waals surface area (Å²) in [4.78, 5) is 35.4. The Labute approximate surface area is 91.1 Å². The molecule has 0 saturated heterocycles. The normalized spacial score (nSPS) is 8.81. The Morgan fingerprint density at radius 2 is 1.94 bits per heavy atom. The van der Waals surface area contributed by atoms with Gasteiger partial charge in [0.05, 0.1) is 0 Å². The van der Waals surface area contributed by atoms with Crippen molar-refractivity contribution in [3.8, 4) is 5.75 Å². The number of hydrogen-bond donors (Lipinski definition) is 0. The van der Waals surface area contributed by atoms with Crippen molar-refractivity contribution in [2.45, 2.75) is 0 Å². The average molecular weight is 220 g/mol. The molecule has 0 saturated carbocycles. The van der Waals surface area contributed by atoms with Gasteiger partial charge in [0.25, 0.3) is 0 Å². The third kappa shape index (κ3) is 3.04. The fourth-order valence-electron chi connectivity index (χ4n) is 0.850. The maximum Gasteiger partial charge on any atom is 0.423 e. The van der Waals surface area contributed by atoms with Crippen LogP contribution < -0.4 is 4.74 Å². The molecule has 1 rings (SSSR count). The Morgan fingerprint density at radius 1 is 1.31 bits per heavy atom. The fourth-order valence-corrected chi connectivity index (χ4v) is 0.850. The van der Waals surface area contributed by atoms with Crippen LogP contribution in [0.3, 0.4) is 0 Å². The zero-order valence-corrected chi connectivity index (χ0v) is 8.41. The third-order valence-corrected chi connectivity index (χ3v) is 1.65. The highest BCUT2D eigenvalue weighted by Gasteiger charge is 2.18. The van der Waals surface area contributed by atoms with Gasteiger partial charge < -0.3 is 4.74 Å². The topological polar surface area (TPSA) is 76.0 Å². The first-order valence-corrected chi connectivity index (χ1v) is 4.27. The number of amides is 3. The van der Waals surface area contributed by atoms with Crippen LogP contribution in [0.5, 0.6) is 5.75 Å². The molecular weight excluding hydrogens is 212 g/mol. The Bertz CT molecular complexity index is 437. The zero-order valence-electron chi connectivity index (χ0n) is 8.41. The number of imide groups is 1. The van der Waals surface area contributed by atoms with Gasteiger partial charge in [-0.2, -0.15) is 0 Å². The van der Waals surface area contributed by atoms with Gasteiger partial charge in [-0.05, 0) is 12.1 Å². The first kappa shape index (κ1) is 11.6. The number of hydrogen-bond acceptors (Lipinski definition) is 4. The quantitative estimate of drug-likeness (QED) is 0.531.